The largest absolute Gasteiger partial charge is 0.396 e. The van der Waals surface area contributed by atoms with Gasteiger partial charge in [-0.2, -0.15) is 0 Å². The number of imidazole rings is 1. The molecular weight excluding hydrogens is 266 g/mol. The van der Waals surface area contributed by atoms with Crippen molar-refractivity contribution in [1.82, 2.24) is 19.5 Å². The lowest BCUT2D eigenvalue weighted by atomic mass is 10.1. The van der Waals surface area contributed by atoms with Crippen molar-refractivity contribution in [3.8, 4) is 0 Å². The van der Waals surface area contributed by atoms with Crippen LogP contribution in [0.15, 0.2) is 6.33 Å². The lowest BCUT2D eigenvalue weighted by molar-refractivity contribution is 0.0906. The van der Waals surface area contributed by atoms with Crippen LogP contribution < -0.4 is 5.73 Å². The van der Waals surface area contributed by atoms with Gasteiger partial charge in [0.1, 0.15) is 11.2 Å². The number of nitrogens with one attached hydrogen (secondary N) is 1. The molecule has 1 aliphatic rings. The third-order valence-corrected chi connectivity index (χ3v) is 4.01. The highest BCUT2D eigenvalue weighted by Gasteiger charge is 2.34. The molecule has 0 saturated heterocycles. The Kier molecular flexibility index (Phi) is 3.00. The smallest absolute Gasteiger partial charge is 0.200 e. The number of hydrogen-bond acceptors (Lipinski definition) is 6. The molecular formula is C11H15N5O2S. The van der Waals surface area contributed by atoms with Crippen LogP contribution in [-0.2, 0) is 0 Å². The molecule has 2 aromatic heterocycles. The van der Waals surface area contributed by atoms with E-state index >= 15 is 0 Å². The normalized spacial score (nSPS) is 27.2. The van der Waals surface area contributed by atoms with Gasteiger partial charge in [0.15, 0.2) is 10.6 Å². The van der Waals surface area contributed by atoms with Gasteiger partial charge in [0.05, 0.1) is 12.4 Å². The Morgan fingerprint density at radius 3 is 3.00 bits per heavy atom. The number of rotatable bonds is 2. The summed E-state index contributed by atoms with van der Waals surface area (Å²) in [6.07, 6.45) is 2.47. The molecule has 1 saturated carbocycles. The summed E-state index contributed by atoms with van der Waals surface area (Å²) in [5.74, 6) is 0.154. The number of H-pyrrole nitrogens is 1. The maximum Gasteiger partial charge on any atom is 0.200 e. The third-order valence-electron chi connectivity index (χ3n) is 3.73. The van der Waals surface area contributed by atoms with E-state index in [-0.39, 0.29) is 24.5 Å². The van der Waals surface area contributed by atoms with E-state index in [1.165, 1.54) is 0 Å². The third kappa shape index (κ3) is 2.01. The fraction of sp³-hybridized carbons (Fsp3) is 0.545. The molecule has 0 aliphatic heterocycles. The highest BCUT2D eigenvalue weighted by atomic mass is 32.1. The first kappa shape index (κ1) is 12.5. The maximum absolute atomic E-state index is 9.88. The summed E-state index contributed by atoms with van der Waals surface area (Å²) >= 11 is 5.12. The van der Waals surface area contributed by atoms with Crippen LogP contribution in [0.3, 0.4) is 0 Å². The molecule has 0 radical (unpaired) electrons. The topological polar surface area (TPSA) is 113 Å². The second-order valence-electron chi connectivity index (χ2n) is 4.91. The molecule has 2 heterocycles. The van der Waals surface area contributed by atoms with Gasteiger partial charge in [-0.25, -0.2) is 9.97 Å². The van der Waals surface area contributed by atoms with Gasteiger partial charge in [0.2, 0.25) is 0 Å². The first-order chi connectivity index (χ1) is 9.10. The summed E-state index contributed by atoms with van der Waals surface area (Å²) in [5.41, 5.74) is 6.99. The quantitative estimate of drug-likeness (QED) is 0.592. The van der Waals surface area contributed by atoms with Crippen molar-refractivity contribution in [3.63, 3.8) is 0 Å². The van der Waals surface area contributed by atoms with Crippen LogP contribution in [0.25, 0.3) is 11.2 Å². The van der Waals surface area contributed by atoms with Gasteiger partial charge in [-0.05, 0) is 12.8 Å². The van der Waals surface area contributed by atoms with Crippen molar-refractivity contribution < 1.29 is 10.2 Å². The number of anilines is 1. The summed E-state index contributed by atoms with van der Waals surface area (Å²) in [4.78, 5) is 11.2. The van der Waals surface area contributed by atoms with E-state index in [0.29, 0.717) is 28.6 Å². The van der Waals surface area contributed by atoms with E-state index in [0.717, 1.165) is 0 Å². The number of aromatic nitrogens is 4. The van der Waals surface area contributed by atoms with Gasteiger partial charge in [-0.3, -0.25) is 0 Å². The molecule has 19 heavy (non-hydrogen) atoms. The first-order valence-corrected chi connectivity index (χ1v) is 6.52. The van der Waals surface area contributed by atoms with Crippen molar-refractivity contribution in [3.05, 3.63) is 11.0 Å². The van der Waals surface area contributed by atoms with E-state index in [1.807, 2.05) is 4.57 Å². The van der Waals surface area contributed by atoms with Crippen molar-refractivity contribution in [2.24, 2.45) is 5.92 Å². The monoisotopic (exact) mass is 281 g/mol. The van der Waals surface area contributed by atoms with Crippen molar-refractivity contribution in [1.29, 1.82) is 0 Å². The zero-order valence-corrected chi connectivity index (χ0v) is 11.0. The number of aromatic amines is 1. The minimum atomic E-state index is -0.491. The van der Waals surface area contributed by atoms with Crippen molar-refractivity contribution in [2.45, 2.75) is 25.0 Å². The summed E-state index contributed by atoms with van der Waals surface area (Å²) in [6, 6.07) is 0.0737. The molecule has 102 valence electrons. The Balaban J connectivity index is 2.05. The van der Waals surface area contributed by atoms with Crippen LogP contribution in [0.2, 0.25) is 0 Å². The number of nitrogens with zero attached hydrogens (tertiary/aromatic N) is 3. The second-order valence-corrected chi connectivity index (χ2v) is 5.30. The molecule has 0 spiro atoms. The summed E-state index contributed by atoms with van der Waals surface area (Å²) in [6.45, 7) is -0.00993. The summed E-state index contributed by atoms with van der Waals surface area (Å²) in [5, 5.41) is 19.1. The molecule has 0 amide bonds. The SMILES string of the molecule is Nc1nc(=S)c2ncn([C@@H]3C[C@H](CO)[C@@H](O)C3)c2[nH]1. The van der Waals surface area contributed by atoms with E-state index < -0.39 is 6.10 Å². The number of aliphatic hydroxyl groups excluding tert-OH is 2. The molecule has 0 aromatic carbocycles. The van der Waals surface area contributed by atoms with Crippen LogP contribution >= 0.6 is 12.2 Å². The fourth-order valence-corrected chi connectivity index (χ4v) is 2.97. The number of fused-ring (bicyclic) bond motifs is 1. The number of nitrogens with two attached hydrogens (primary N) is 1. The second kappa shape index (κ2) is 4.55. The van der Waals surface area contributed by atoms with Gasteiger partial charge < -0.3 is 25.5 Å². The van der Waals surface area contributed by atoms with E-state index in [9.17, 15) is 10.2 Å². The highest BCUT2D eigenvalue weighted by molar-refractivity contribution is 7.71. The van der Waals surface area contributed by atoms with Gasteiger partial charge in [0.25, 0.3) is 0 Å². The van der Waals surface area contributed by atoms with Crippen LogP contribution in [0.5, 0.6) is 0 Å². The lowest BCUT2D eigenvalue weighted by Crippen LogP contribution is -2.16. The van der Waals surface area contributed by atoms with Crippen LogP contribution in [0, 0.1) is 10.6 Å². The maximum atomic E-state index is 9.88. The standard InChI is InChI=1S/C11H15N5O2S/c12-11-14-9-8(10(19)15-11)13-4-16(9)6-1-5(3-17)7(18)2-6/h4-7,17-18H,1-3H2,(H3,12,14,15,19)/t5-,6-,7+/m1/s1. The minimum Gasteiger partial charge on any atom is -0.396 e. The Morgan fingerprint density at radius 2 is 2.32 bits per heavy atom. The zero-order chi connectivity index (χ0) is 13.6. The predicted octanol–water partition coefficient (Wildman–Crippen LogP) is 0.375. The minimum absolute atomic E-state index is 0.00993. The summed E-state index contributed by atoms with van der Waals surface area (Å²) < 4.78 is 2.28. The van der Waals surface area contributed by atoms with Crippen LogP contribution in [-0.4, -0.2) is 42.4 Å². The van der Waals surface area contributed by atoms with Crippen molar-refractivity contribution >= 4 is 29.3 Å². The Labute approximate surface area is 114 Å². The molecule has 5 N–H and O–H groups in total. The first-order valence-electron chi connectivity index (χ1n) is 6.11. The molecule has 1 aliphatic carbocycles. The molecule has 8 heteroatoms. The van der Waals surface area contributed by atoms with Gasteiger partial charge >= 0.3 is 0 Å². The van der Waals surface area contributed by atoms with E-state index in [4.69, 9.17) is 18.0 Å². The molecule has 1 fully saturated rings. The number of nitrogen functional groups attached to an aromatic ring is 1. The van der Waals surface area contributed by atoms with Gasteiger partial charge in [0, 0.05) is 18.6 Å². The average molecular weight is 281 g/mol. The molecule has 3 rings (SSSR count). The summed E-state index contributed by atoms with van der Waals surface area (Å²) in [7, 11) is 0. The van der Waals surface area contributed by atoms with Gasteiger partial charge in [-0.15, -0.1) is 0 Å². The highest BCUT2D eigenvalue weighted by Crippen LogP contribution is 2.36. The molecule has 2 aromatic rings. The fourth-order valence-electron chi connectivity index (χ4n) is 2.73. The van der Waals surface area contributed by atoms with Crippen LogP contribution in [0.4, 0.5) is 5.95 Å². The average Bonchev–Trinajstić information content (AvgIpc) is 2.92. The number of aliphatic hydroxyl groups is 2. The van der Waals surface area contributed by atoms with E-state index in [1.54, 1.807) is 6.33 Å². The Morgan fingerprint density at radius 1 is 1.53 bits per heavy atom. The van der Waals surface area contributed by atoms with E-state index in [2.05, 4.69) is 15.0 Å². The van der Waals surface area contributed by atoms with Crippen LogP contribution in [0.1, 0.15) is 18.9 Å². The van der Waals surface area contributed by atoms with Crippen molar-refractivity contribution in [2.75, 3.05) is 12.3 Å². The lowest BCUT2D eigenvalue weighted by Gasteiger charge is -2.12. The Hall–Kier alpha value is -1.51. The predicted molar refractivity (Wildman–Crippen MR) is 72.0 cm³/mol. The Bertz CT molecular complexity index is 667. The molecule has 0 bridgehead atoms. The molecule has 3 atom stereocenters. The van der Waals surface area contributed by atoms with Gasteiger partial charge in [-0.1, -0.05) is 12.2 Å². The molecule has 7 nitrogen and oxygen atoms in total. The molecule has 0 unspecified atom stereocenters. The number of hydrogen-bond donors (Lipinski definition) is 4. The zero-order valence-electron chi connectivity index (χ0n) is 10.2.